The van der Waals surface area contributed by atoms with Crippen LogP contribution in [-0.2, 0) is 4.79 Å². The molecule has 3 heteroatoms. The van der Waals surface area contributed by atoms with Crippen LogP contribution in [0.2, 0.25) is 0 Å². The average molecular weight is 209 g/mol. The van der Waals surface area contributed by atoms with Gasteiger partial charge in [0.15, 0.2) is 0 Å². The van der Waals surface area contributed by atoms with Gasteiger partial charge in [0.25, 0.3) is 0 Å². The van der Waals surface area contributed by atoms with Gasteiger partial charge >= 0.3 is 5.97 Å². The van der Waals surface area contributed by atoms with Gasteiger partial charge in [0, 0.05) is 18.8 Å². The lowest BCUT2D eigenvalue weighted by atomic mass is 9.86. The van der Waals surface area contributed by atoms with Gasteiger partial charge in [-0.25, -0.2) is 0 Å². The number of hydrogen-bond acceptors (Lipinski definition) is 1. The number of rotatable bonds is 6. The second-order valence-corrected chi connectivity index (χ2v) is 4.28. The zero-order valence-electron chi connectivity index (χ0n) is 9.36. The highest BCUT2D eigenvalue weighted by atomic mass is 16.4. The summed E-state index contributed by atoms with van der Waals surface area (Å²) in [6.07, 6.45) is 5.90. The molecule has 0 amide bonds. The van der Waals surface area contributed by atoms with Gasteiger partial charge in [-0.05, 0) is 36.3 Å². The van der Waals surface area contributed by atoms with Gasteiger partial charge in [-0.3, -0.25) is 4.79 Å². The van der Waals surface area contributed by atoms with E-state index in [1.807, 2.05) is 12.4 Å². The molecular formula is C12H19NO2. The van der Waals surface area contributed by atoms with Crippen LogP contribution in [0.5, 0.6) is 0 Å². The maximum absolute atomic E-state index is 10.4. The molecule has 15 heavy (non-hydrogen) atoms. The Morgan fingerprint density at radius 1 is 1.53 bits per heavy atom. The van der Waals surface area contributed by atoms with Crippen LogP contribution in [0.15, 0.2) is 18.5 Å². The number of aliphatic carboxylic acids is 1. The van der Waals surface area contributed by atoms with Crippen molar-refractivity contribution in [2.24, 2.45) is 5.92 Å². The van der Waals surface area contributed by atoms with Crippen LogP contribution >= 0.6 is 0 Å². The predicted octanol–water partition coefficient (Wildman–Crippen LogP) is 3.01. The van der Waals surface area contributed by atoms with E-state index in [1.165, 1.54) is 5.56 Å². The summed E-state index contributed by atoms with van der Waals surface area (Å²) < 4.78 is 0. The summed E-state index contributed by atoms with van der Waals surface area (Å²) in [7, 11) is 0. The van der Waals surface area contributed by atoms with Crippen molar-refractivity contribution in [1.82, 2.24) is 4.98 Å². The van der Waals surface area contributed by atoms with Crippen molar-refractivity contribution in [1.29, 1.82) is 0 Å². The van der Waals surface area contributed by atoms with E-state index in [4.69, 9.17) is 5.11 Å². The van der Waals surface area contributed by atoms with Crippen molar-refractivity contribution in [3.8, 4) is 0 Å². The number of carboxylic acid groups (broad SMARTS) is 1. The molecule has 1 heterocycles. The first kappa shape index (κ1) is 11.8. The van der Waals surface area contributed by atoms with Gasteiger partial charge in [-0.2, -0.15) is 0 Å². The van der Waals surface area contributed by atoms with Crippen molar-refractivity contribution in [2.75, 3.05) is 0 Å². The zero-order chi connectivity index (χ0) is 11.3. The molecule has 1 aromatic rings. The van der Waals surface area contributed by atoms with Crippen molar-refractivity contribution in [3.63, 3.8) is 0 Å². The molecule has 84 valence electrons. The number of aromatic nitrogens is 1. The van der Waals surface area contributed by atoms with Gasteiger partial charge in [-0.1, -0.05) is 13.8 Å². The van der Waals surface area contributed by atoms with Gasteiger partial charge in [0.05, 0.1) is 0 Å². The molecule has 0 aliphatic carbocycles. The average Bonchev–Trinajstić information content (AvgIpc) is 2.63. The molecule has 0 bridgehead atoms. The summed E-state index contributed by atoms with van der Waals surface area (Å²) in [5.74, 6) is 0.316. The summed E-state index contributed by atoms with van der Waals surface area (Å²) in [4.78, 5) is 13.5. The van der Waals surface area contributed by atoms with Crippen molar-refractivity contribution in [3.05, 3.63) is 24.0 Å². The Balaban J connectivity index is 2.49. The van der Waals surface area contributed by atoms with Crippen LogP contribution in [0.3, 0.4) is 0 Å². The number of aromatic amines is 1. The molecule has 1 atom stereocenters. The standard InChI is InChI=1S/C12H19NO2/c1-9(2)11(4-3-5-12(14)15)10-6-7-13-8-10/h6-9,11,13H,3-5H2,1-2H3,(H,14,15). The Morgan fingerprint density at radius 3 is 2.73 bits per heavy atom. The molecular weight excluding hydrogens is 190 g/mol. The Kier molecular flexibility index (Phi) is 4.40. The molecule has 0 radical (unpaired) electrons. The van der Waals surface area contributed by atoms with E-state index in [1.54, 1.807) is 0 Å². The maximum Gasteiger partial charge on any atom is 0.303 e. The van der Waals surface area contributed by atoms with Crippen LogP contribution in [0, 0.1) is 5.92 Å². The predicted molar refractivity (Wildman–Crippen MR) is 59.9 cm³/mol. The van der Waals surface area contributed by atoms with E-state index in [0.717, 1.165) is 12.8 Å². The number of carboxylic acids is 1. The molecule has 1 aromatic heterocycles. The smallest absolute Gasteiger partial charge is 0.303 e. The van der Waals surface area contributed by atoms with E-state index >= 15 is 0 Å². The monoisotopic (exact) mass is 209 g/mol. The van der Waals surface area contributed by atoms with E-state index < -0.39 is 5.97 Å². The third kappa shape index (κ3) is 3.78. The summed E-state index contributed by atoms with van der Waals surface area (Å²) in [5, 5.41) is 8.59. The van der Waals surface area contributed by atoms with Gasteiger partial charge in [0.2, 0.25) is 0 Å². The molecule has 1 unspecified atom stereocenters. The lowest BCUT2D eigenvalue weighted by Crippen LogP contribution is -2.07. The summed E-state index contributed by atoms with van der Waals surface area (Å²) in [5.41, 5.74) is 1.29. The molecule has 0 spiro atoms. The highest BCUT2D eigenvalue weighted by Gasteiger charge is 2.16. The Hall–Kier alpha value is -1.25. The zero-order valence-corrected chi connectivity index (χ0v) is 9.36. The molecule has 0 fully saturated rings. The SMILES string of the molecule is CC(C)C(CCCC(=O)O)c1cc[nH]c1. The van der Waals surface area contributed by atoms with Crippen LogP contribution in [0.1, 0.15) is 44.6 Å². The fourth-order valence-electron chi connectivity index (χ4n) is 1.93. The van der Waals surface area contributed by atoms with Gasteiger partial charge < -0.3 is 10.1 Å². The summed E-state index contributed by atoms with van der Waals surface area (Å²) in [6, 6.07) is 2.07. The first-order valence-corrected chi connectivity index (χ1v) is 5.45. The maximum atomic E-state index is 10.4. The summed E-state index contributed by atoms with van der Waals surface area (Å²) in [6.45, 7) is 4.36. The second-order valence-electron chi connectivity index (χ2n) is 4.28. The minimum atomic E-state index is -0.702. The Morgan fingerprint density at radius 2 is 2.27 bits per heavy atom. The molecule has 2 N–H and O–H groups in total. The Labute approximate surface area is 90.5 Å². The molecule has 1 rings (SSSR count). The second kappa shape index (κ2) is 5.59. The van der Waals surface area contributed by atoms with Crippen LogP contribution in [0.4, 0.5) is 0 Å². The van der Waals surface area contributed by atoms with Crippen LogP contribution in [0.25, 0.3) is 0 Å². The normalized spacial score (nSPS) is 13.0. The first-order chi connectivity index (χ1) is 7.11. The van der Waals surface area contributed by atoms with Gasteiger partial charge in [0.1, 0.15) is 0 Å². The van der Waals surface area contributed by atoms with Crippen LogP contribution in [-0.4, -0.2) is 16.1 Å². The topological polar surface area (TPSA) is 53.1 Å². The van der Waals surface area contributed by atoms with E-state index in [9.17, 15) is 4.79 Å². The molecule has 0 aromatic carbocycles. The van der Waals surface area contributed by atoms with E-state index in [0.29, 0.717) is 11.8 Å². The van der Waals surface area contributed by atoms with Crippen molar-refractivity contribution >= 4 is 5.97 Å². The van der Waals surface area contributed by atoms with Crippen LogP contribution < -0.4 is 0 Å². The quantitative estimate of drug-likeness (QED) is 0.756. The third-order valence-electron chi connectivity index (χ3n) is 2.76. The fraction of sp³-hybridized carbons (Fsp3) is 0.583. The van der Waals surface area contributed by atoms with Crippen molar-refractivity contribution in [2.45, 2.75) is 39.0 Å². The van der Waals surface area contributed by atoms with E-state index in [-0.39, 0.29) is 6.42 Å². The highest BCUT2D eigenvalue weighted by molar-refractivity contribution is 5.66. The Bertz CT molecular complexity index is 291. The number of nitrogens with one attached hydrogen (secondary N) is 1. The number of hydrogen-bond donors (Lipinski definition) is 2. The third-order valence-corrected chi connectivity index (χ3v) is 2.76. The molecule has 0 saturated carbocycles. The molecule has 0 aliphatic heterocycles. The highest BCUT2D eigenvalue weighted by Crippen LogP contribution is 2.29. The van der Waals surface area contributed by atoms with Gasteiger partial charge in [-0.15, -0.1) is 0 Å². The fourth-order valence-corrected chi connectivity index (χ4v) is 1.93. The number of carbonyl (C=O) groups is 1. The minimum absolute atomic E-state index is 0.271. The summed E-state index contributed by atoms with van der Waals surface area (Å²) >= 11 is 0. The molecule has 3 nitrogen and oxygen atoms in total. The number of H-pyrrole nitrogens is 1. The molecule has 0 aliphatic rings. The van der Waals surface area contributed by atoms with Crippen molar-refractivity contribution < 1.29 is 9.90 Å². The minimum Gasteiger partial charge on any atom is -0.481 e. The largest absolute Gasteiger partial charge is 0.481 e. The lowest BCUT2D eigenvalue weighted by molar-refractivity contribution is -0.137. The lowest BCUT2D eigenvalue weighted by Gasteiger charge is -2.19. The molecule has 0 saturated heterocycles. The first-order valence-electron chi connectivity index (χ1n) is 5.45. The van der Waals surface area contributed by atoms with E-state index in [2.05, 4.69) is 24.9 Å².